The van der Waals surface area contributed by atoms with E-state index in [2.05, 4.69) is 44.0 Å². The van der Waals surface area contributed by atoms with Gasteiger partial charge in [0.1, 0.15) is 0 Å². The zero-order valence-electron chi connectivity index (χ0n) is 8.63. The van der Waals surface area contributed by atoms with Gasteiger partial charge in [0.15, 0.2) is 0 Å². The van der Waals surface area contributed by atoms with E-state index in [0.29, 0.717) is 18.8 Å². The number of methoxy groups -OCH3 is 1. The minimum Gasteiger partial charge on any atom is -0.382 e. The third-order valence-electron chi connectivity index (χ3n) is 1.73. The summed E-state index contributed by atoms with van der Waals surface area (Å²) in [4.78, 5) is 16.6. The Bertz CT molecular complexity index is 373. The van der Waals surface area contributed by atoms with Crippen molar-refractivity contribution in [3.8, 4) is 0 Å². The molecule has 6 heteroatoms. The monoisotopic (exact) mass is 399 g/mol. The largest absolute Gasteiger partial charge is 0.382 e. The molecule has 0 atom stereocenters. The third-order valence-corrected chi connectivity index (χ3v) is 3.09. The number of hydroxylamine groups is 1. The van der Waals surface area contributed by atoms with Crippen LogP contribution in [-0.2, 0) is 9.57 Å². The average Bonchev–Trinajstić information content (AvgIpc) is 2.27. The molecule has 4 nitrogen and oxygen atoms in total. The molecule has 0 fully saturated rings. The number of halogens is 2. The second kappa shape index (κ2) is 7.21. The molecule has 0 bridgehead atoms. The predicted molar refractivity (Wildman–Crippen MR) is 72.2 cm³/mol. The summed E-state index contributed by atoms with van der Waals surface area (Å²) in [6.07, 6.45) is 0. The number of amides is 1. The van der Waals surface area contributed by atoms with Gasteiger partial charge in [0, 0.05) is 15.2 Å². The van der Waals surface area contributed by atoms with Gasteiger partial charge in [-0.15, -0.1) is 0 Å². The van der Waals surface area contributed by atoms with E-state index in [1.54, 1.807) is 13.2 Å². The maximum Gasteiger partial charge on any atom is 0.276 e. The summed E-state index contributed by atoms with van der Waals surface area (Å²) in [5.41, 5.74) is 2.90. The van der Waals surface area contributed by atoms with E-state index in [1.165, 1.54) is 0 Å². The number of ether oxygens (including phenoxy) is 1. The second-order valence-corrected chi connectivity index (χ2v) is 5.00. The molecule has 1 aromatic carbocycles. The summed E-state index contributed by atoms with van der Waals surface area (Å²) in [5, 5.41) is 0. The minimum absolute atomic E-state index is 0.276. The highest BCUT2D eigenvalue weighted by Gasteiger charge is 2.10. The lowest BCUT2D eigenvalue weighted by Crippen LogP contribution is -2.25. The molecule has 1 N–H and O–H groups in total. The lowest BCUT2D eigenvalue weighted by Gasteiger charge is -2.07. The Balaban J connectivity index is 2.55. The molecule has 0 aliphatic heterocycles. The van der Waals surface area contributed by atoms with E-state index >= 15 is 0 Å². The van der Waals surface area contributed by atoms with Gasteiger partial charge in [-0.2, -0.15) is 0 Å². The van der Waals surface area contributed by atoms with Gasteiger partial charge in [-0.3, -0.25) is 9.63 Å². The molecule has 0 radical (unpaired) electrons. The van der Waals surface area contributed by atoms with Crippen LogP contribution in [0.2, 0.25) is 0 Å². The topological polar surface area (TPSA) is 47.6 Å². The number of carbonyl (C=O) groups is 1. The van der Waals surface area contributed by atoms with Gasteiger partial charge in [-0.1, -0.05) is 0 Å². The number of nitrogens with one attached hydrogen (secondary N) is 1. The van der Waals surface area contributed by atoms with Crippen molar-refractivity contribution in [1.82, 2.24) is 5.48 Å². The number of rotatable bonds is 5. The molecular weight excluding hydrogens is 389 g/mol. The van der Waals surface area contributed by atoms with E-state index in [9.17, 15) is 4.79 Å². The van der Waals surface area contributed by atoms with Crippen molar-refractivity contribution in [3.63, 3.8) is 0 Å². The molecule has 16 heavy (non-hydrogen) atoms. The van der Waals surface area contributed by atoms with Crippen molar-refractivity contribution in [3.05, 3.63) is 31.8 Å². The Morgan fingerprint density at radius 2 is 2.25 bits per heavy atom. The quantitative estimate of drug-likeness (QED) is 0.469. The van der Waals surface area contributed by atoms with Crippen LogP contribution in [0.15, 0.2) is 22.7 Å². The fourth-order valence-electron chi connectivity index (χ4n) is 0.968. The van der Waals surface area contributed by atoms with Crippen LogP contribution >= 0.6 is 38.5 Å². The second-order valence-electron chi connectivity index (χ2n) is 2.90. The van der Waals surface area contributed by atoms with E-state index in [4.69, 9.17) is 9.57 Å². The minimum atomic E-state index is -0.276. The van der Waals surface area contributed by atoms with Crippen molar-refractivity contribution < 1.29 is 14.4 Å². The van der Waals surface area contributed by atoms with Crippen LogP contribution in [0.4, 0.5) is 0 Å². The molecule has 1 aromatic rings. The fraction of sp³-hybridized carbons (Fsp3) is 0.300. The van der Waals surface area contributed by atoms with Gasteiger partial charge in [-0.05, 0) is 56.7 Å². The lowest BCUT2D eigenvalue weighted by molar-refractivity contribution is 0.00883. The molecule has 0 aliphatic carbocycles. The van der Waals surface area contributed by atoms with E-state index in [-0.39, 0.29) is 5.91 Å². The van der Waals surface area contributed by atoms with Gasteiger partial charge >= 0.3 is 0 Å². The maximum atomic E-state index is 11.7. The lowest BCUT2D eigenvalue weighted by atomic mass is 10.2. The van der Waals surface area contributed by atoms with E-state index < -0.39 is 0 Å². The molecular formula is C10H11BrINO3. The van der Waals surface area contributed by atoms with Crippen molar-refractivity contribution in [2.75, 3.05) is 20.3 Å². The van der Waals surface area contributed by atoms with E-state index in [0.717, 1.165) is 8.04 Å². The van der Waals surface area contributed by atoms with Gasteiger partial charge in [0.2, 0.25) is 0 Å². The van der Waals surface area contributed by atoms with Crippen molar-refractivity contribution in [2.24, 2.45) is 0 Å². The van der Waals surface area contributed by atoms with Crippen molar-refractivity contribution in [1.29, 1.82) is 0 Å². The van der Waals surface area contributed by atoms with Crippen LogP contribution < -0.4 is 5.48 Å². The zero-order valence-corrected chi connectivity index (χ0v) is 12.4. The summed E-state index contributed by atoms with van der Waals surface area (Å²) >= 11 is 5.45. The average molecular weight is 400 g/mol. The van der Waals surface area contributed by atoms with Gasteiger partial charge in [-0.25, -0.2) is 5.48 Å². The Kier molecular flexibility index (Phi) is 6.25. The van der Waals surface area contributed by atoms with E-state index in [1.807, 2.05) is 12.1 Å². The van der Waals surface area contributed by atoms with Crippen LogP contribution in [0.1, 0.15) is 10.4 Å². The highest BCUT2D eigenvalue weighted by Crippen LogP contribution is 2.19. The number of benzene rings is 1. The first-order valence-corrected chi connectivity index (χ1v) is 6.38. The van der Waals surface area contributed by atoms with Gasteiger partial charge in [0.05, 0.1) is 18.8 Å². The van der Waals surface area contributed by atoms with Gasteiger partial charge in [0.25, 0.3) is 5.91 Å². The summed E-state index contributed by atoms with van der Waals surface area (Å²) in [6.45, 7) is 0.761. The smallest absolute Gasteiger partial charge is 0.276 e. The maximum absolute atomic E-state index is 11.7. The summed E-state index contributed by atoms with van der Waals surface area (Å²) in [5.74, 6) is -0.276. The summed E-state index contributed by atoms with van der Waals surface area (Å²) < 4.78 is 6.51. The highest BCUT2D eigenvalue weighted by atomic mass is 127. The molecule has 1 rings (SSSR count). The Morgan fingerprint density at radius 1 is 1.50 bits per heavy atom. The molecule has 0 spiro atoms. The molecule has 0 aliphatic rings. The van der Waals surface area contributed by atoms with Crippen LogP contribution in [0.3, 0.4) is 0 Å². The Morgan fingerprint density at radius 3 is 2.94 bits per heavy atom. The van der Waals surface area contributed by atoms with Crippen LogP contribution in [-0.4, -0.2) is 26.2 Å². The first-order valence-electron chi connectivity index (χ1n) is 4.51. The predicted octanol–water partition coefficient (Wildman–Crippen LogP) is 2.36. The number of hydrogen-bond acceptors (Lipinski definition) is 3. The molecule has 0 aromatic heterocycles. The van der Waals surface area contributed by atoms with Gasteiger partial charge < -0.3 is 4.74 Å². The van der Waals surface area contributed by atoms with Crippen LogP contribution in [0.25, 0.3) is 0 Å². The normalized spacial score (nSPS) is 10.2. The molecule has 0 unspecified atom stereocenters. The molecule has 1 amide bonds. The first-order chi connectivity index (χ1) is 7.65. The number of hydrogen-bond donors (Lipinski definition) is 1. The number of carbonyl (C=O) groups excluding carboxylic acids is 1. The molecule has 0 heterocycles. The Labute approximate surface area is 116 Å². The third kappa shape index (κ3) is 4.36. The fourth-order valence-corrected chi connectivity index (χ4v) is 1.89. The van der Waals surface area contributed by atoms with Crippen molar-refractivity contribution >= 4 is 44.4 Å². The zero-order chi connectivity index (χ0) is 12.0. The first kappa shape index (κ1) is 13.9. The summed E-state index contributed by atoms with van der Waals surface area (Å²) in [7, 11) is 1.57. The SMILES string of the molecule is COCCONC(=O)c1cc(I)ccc1Br. The summed E-state index contributed by atoms with van der Waals surface area (Å²) in [6, 6.07) is 5.51. The highest BCUT2D eigenvalue weighted by molar-refractivity contribution is 14.1. The Hall–Kier alpha value is -0.180. The molecule has 88 valence electrons. The molecule has 0 saturated heterocycles. The van der Waals surface area contributed by atoms with Crippen molar-refractivity contribution in [2.45, 2.75) is 0 Å². The molecule has 0 saturated carbocycles. The van der Waals surface area contributed by atoms with Crippen LogP contribution in [0.5, 0.6) is 0 Å². The van der Waals surface area contributed by atoms with Crippen LogP contribution in [0, 0.1) is 3.57 Å². The standard InChI is InChI=1S/C10H11BrINO3/c1-15-4-5-16-13-10(14)8-6-7(12)2-3-9(8)11/h2-3,6H,4-5H2,1H3,(H,13,14).